The van der Waals surface area contributed by atoms with E-state index in [2.05, 4.69) is 55.9 Å². The second-order valence-electron chi connectivity index (χ2n) is 6.95. The van der Waals surface area contributed by atoms with Gasteiger partial charge in [0, 0.05) is 12.0 Å². The van der Waals surface area contributed by atoms with Gasteiger partial charge < -0.3 is 10.1 Å². The maximum Gasteiger partial charge on any atom is 0.137 e. The number of rotatable bonds is 4. The summed E-state index contributed by atoms with van der Waals surface area (Å²) in [7, 11) is 0. The second kappa shape index (κ2) is 5.98. The zero-order valence-electron chi connectivity index (χ0n) is 13.5. The lowest BCUT2D eigenvalue weighted by atomic mass is 9.79. The highest BCUT2D eigenvalue weighted by Crippen LogP contribution is 2.48. The molecule has 0 aromatic heterocycles. The van der Waals surface area contributed by atoms with E-state index in [0.29, 0.717) is 4.47 Å². The van der Waals surface area contributed by atoms with Gasteiger partial charge in [-0.05, 0) is 68.2 Å². The third-order valence-electron chi connectivity index (χ3n) is 4.29. The molecule has 2 atom stereocenters. The summed E-state index contributed by atoms with van der Waals surface area (Å²) in [6.45, 7) is 11.4. The lowest BCUT2D eigenvalue weighted by molar-refractivity contribution is -0.0778. The zero-order chi connectivity index (χ0) is 15.8. The number of nitrogens with one attached hydrogen (secondary N) is 1. The molecule has 1 heterocycles. The van der Waals surface area contributed by atoms with Crippen molar-refractivity contribution in [2.75, 3.05) is 6.54 Å². The fraction of sp³-hybridized carbons (Fsp3) is 0.647. The Labute approximate surface area is 135 Å². The quantitative estimate of drug-likeness (QED) is 0.832. The zero-order valence-corrected chi connectivity index (χ0v) is 15.1. The van der Waals surface area contributed by atoms with Crippen molar-refractivity contribution in [2.24, 2.45) is 5.92 Å². The summed E-state index contributed by atoms with van der Waals surface area (Å²) in [5.41, 5.74) is 0.570. The molecule has 0 amide bonds. The van der Waals surface area contributed by atoms with Gasteiger partial charge >= 0.3 is 0 Å². The van der Waals surface area contributed by atoms with Gasteiger partial charge in [-0.2, -0.15) is 0 Å². The Kier molecular flexibility index (Phi) is 4.81. The first-order valence-electron chi connectivity index (χ1n) is 7.55. The topological polar surface area (TPSA) is 21.3 Å². The van der Waals surface area contributed by atoms with Crippen LogP contribution in [0.25, 0.3) is 0 Å². The number of hydrogen-bond donors (Lipinski definition) is 1. The molecule has 1 aromatic rings. The van der Waals surface area contributed by atoms with Crippen molar-refractivity contribution in [3.8, 4) is 0 Å². The lowest BCUT2D eigenvalue weighted by Crippen LogP contribution is -2.38. The van der Waals surface area contributed by atoms with Crippen LogP contribution < -0.4 is 5.32 Å². The van der Waals surface area contributed by atoms with Crippen molar-refractivity contribution < 1.29 is 9.13 Å². The molecular formula is C17H25BrFNO. The highest BCUT2D eigenvalue weighted by Gasteiger charge is 2.49. The summed E-state index contributed by atoms with van der Waals surface area (Å²) >= 11 is 3.41. The highest BCUT2D eigenvalue weighted by molar-refractivity contribution is 9.10. The van der Waals surface area contributed by atoms with E-state index >= 15 is 0 Å². The predicted octanol–water partition coefficient (Wildman–Crippen LogP) is 4.83. The monoisotopic (exact) mass is 357 g/mol. The minimum Gasteiger partial charge on any atom is -0.369 e. The third-order valence-corrected chi connectivity index (χ3v) is 5.12. The van der Waals surface area contributed by atoms with E-state index in [-0.39, 0.29) is 29.0 Å². The summed E-state index contributed by atoms with van der Waals surface area (Å²) < 4.78 is 20.7. The highest BCUT2D eigenvalue weighted by atomic mass is 79.9. The van der Waals surface area contributed by atoms with Gasteiger partial charge in [0.2, 0.25) is 0 Å². The van der Waals surface area contributed by atoms with E-state index in [0.717, 1.165) is 18.5 Å². The minimum absolute atomic E-state index is 0.0665. The summed E-state index contributed by atoms with van der Waals surface area (Å²) in [6, 6.07) is 5.31. The summed E-state index contributed by atoms with van der Waals surface area (Å²) in [5.74, 6) is 0.0666. The normalized spacial score (nSPS) is 25.0. The van der Waals surface area contributed by atoms with E-state index in [9.17, 15) is 4.39 Å². The van der Waals surface area contributed by atoms with Crippen molar-refractivity contribution in [3.63, 3.8) is 0 Å². The fourth-order valence-corrected chi connectivity index (χ4v) is 4.08. The van der Waals surface area contributed by atoms with Crippen molar-refractivity contribution in [2.45, 2.75) is 58.3 Å². The molecule has 21 heavy (non-hydrogen) atoms. The number of hydrogen-bond acceptors (Lipinski definition) is 2. The third kappa shape index (κ3) is 3.49. The molecule has 2 unspecified atom stereocenters. The first-order chi connectivity index (χ1) is 9.68. The SMILES string of the molecule is CCNC(c1cccc(F)c1Br)C1CC(C)(C)OC1(C)C. The molecule has 0 spiro atoms. The molecule has 1 saturated heterocycles. The number of ether oxygens (including phenoxy) is 1. The van der Waals surface area contributed by atoms with Crippen LogP contribution >= 0.6 is 15.9 Å². The Balaban J connectivity index is 2.42. The van der Waals surface area contributed by atoms with Crippen LogP contribution in [0.2, 0.25) is 0 Å². The van der Waals surface area contributed by atoms with Crippen LogP contribution in [0.4, 0.5) is 4.39 Å². The largest absolute Gasteiger partial charge is 0.369 e. The van der Waals surface area contributed by atoms with Gasteiger partial charge in [-0.15, -0.1) is 0 Å². The van der Waals surface area contributed by atoms with E-state index in [1.54, 1.807) is 6.07 Å². The van der Waals surface area contributed by atoms with Gasteiger partial charge in [-0.1, -0.05) is 19.1 Å². The van der Waals surface area contributed by atoms with E-state index in [1.807, 2.05) is 6.07 Å². The molecule has 1 aliphatic rings. The van der Waals surface area contributed by atoms with Crippen molar-refractivity contribution >= 4 is 15.9 Å². The molecule has 0 saturated carbocycles. The maximum atomic E-state index is 13.9. The fourth-order valence-electron chi connectivity index (χ4n) is 3.57. The average Bonchev–Trinajstić information content (AvgIpc) is 2.58. The van der Waals surface area contributed by atoms with Gasteiger partial charge in [-0.3, -0.25) is 0 Å². The van der Waals surface area contributed by atoms with Gasteiger partial charge in [-0.25, -0.2) is 4.39 Å². The van der Waals surface area contributed by atoms with Crippen LogP contribution in [0.3, 0.4) is 0 Å². The molecule has 1 aliphatic heterocycles. The van der Waals surface area contributed by atoms with Gasteiger partial charge in [0.1, 0.15) is 5.82 Å². The molecule has 0 radical (unpaired) electrons. The molecule has 2 rings (SSSR count). The predicted molar refractivity (Wildman–Crippen MR) is 87.9 cm³/mol. The van der Waals surface area contributed by atoms with Crippen molar-refractivity contribution in [3.05, 3.63) is 34.1 Å². The Morgan fingerprint density at radius 1 is 1.38 bits per heavy atom. The van der Waals surface area contributed by atoms with Crippen LogP contribution in [0.1, 0.15) is 52.6 Å². The number of benzene rings is 1. The first kappa shape index (κ1) is 16.9. The van der Waals surface area contributed by atoms with E-state index in [1.165, 1.54) is 6.07 Å². The average molecular weight is 358 g/mol. The Morgan fingerprint density at radius 3 is 2.57 bits per heavy atom. The molecule has 0 aliphatic carbocycles. The summed E-state index contributed by atoms with van der Waals surface area (Å²) in [6.07, 6.45) is 0.945. The number of halogens is 2. The van der Waals surface area contributed by atoms with Gasteiger partial charge in [0.25, 0.3) is 0 Å². The Bertz CT molecular complexity index is 516. The van der Waals surface area contributed by atoms with Crippen LogP contribution in [-0.4, -0.2) is 17.7 Å². The molecule has 4 heteroatoms. The smallest absolute Gasteiger partial charge is 0.137 e. The standard InChI is InChI=1S/C17H25BrFNO/c1-6-20-15(11-8-7-9-13(19)14(11)18)12-10-16(2,3)21-17(12,4)5/h7-9,12,15,20H,6,10H2,1-5H3. The minimum atomic E-state index is -0.248. The van der Waals surface area contributed by atoms with Gasteiger partial charge in [0.15, 0.2) is 0 Å². The molecule has 1 N–H and O–H groups in total. The van der Waals surface area contributed by atoms with E-state index < -0.39 is 0 Å². The summed E-state index contributed by atoms with van der Waals surface area (Å²) in [5, 5.41) is 3.53. The molecule has 118 valence electrons. The van der Waals surface area contributed by atoms with Crippen molar-refractivity contribution in [1.82, 2.24) is 5.32 Å². The van der Waals surface area contributed by atoms with E-state index in [4.69, 9.17) is 4.74 Å². The molecule has 0 bridgehead atoms. The van der Waals surface area contributed by atoms with Gasteiger partial charge in [0.05, 0.1) is 15.7 Å². The van der Waals surface area contributed by atoms with Crippen LogP contribution in [0.15, 0.2) is 22.7 Å². The summed E-state index contributed by atoms with van der Waals surface area (Å²) in [4.78, 5) is 0. The molecular weight excluding hydrogens is 333 g/mol. The van der Waals surface area contributed by atoms with Crippen LogP contribution in [-0.2, 0) is 4.74 Å². The van der Waals surface area contributed by atoms with Crippen molar-refractivity contribution in [1.29, 1.82) is 0 Å². The Morgan fingerprint density at radius 2 is 2.05 bits per heavy atom. The Hall–Kier alpha value is -0.450. The maximum absolute atomic E-state index is 13.9. The first-order valence-corrected chi connectivity index (χ1v) is 8.35. The van der Waals surface area contributed by atoms with Crippen LogP contribution in [0, 0.1) is 11.7 Å². The van der Waals surface area contributed by atoms with Crippen LogP contribution in [0.5, 0.6) is 0 Å². The molecule has 1 aromatic carbocycles. The molecule has 1 fully saturated rings. The second-order valence-corrected chi connectivity index (χ2v) is 7.75. The molecule has 2 nitrogen and oxygen atoms in total. The lowest BCUT2D eigenvalue weighted by Gasteiger charge is -2.34.